The molecular formula is C23H33N5O5. The van der Waals surface area contributed by atoms with Crippen LogP contribution in [0, 0.1) is 18.3 Å². The molecule has 2 atom stereocenters. The van der Waals surface area contributed by atoms with E-state index in [1.807, 2.05) is 6.92 Å². The van der Waals surface area contributed by atoms with E-state index in [2.05, 4.69) is 41.4 Å². The Labute approximate surface area is 193 Å². The molecule has 0 aromatic carbocycles. The number of carboxylic acids is 1. The highest BCUT2D eigenvalue weighted by Gasteiger charge is 2.28. The van der Waals surface area contributed by atoms with Gasteiger partial charge in [0, 0.05) is 7.05 Å². The molecule has 180 valence electrons. The highest BCUT2D eigenvalue weighted by molar-refractivity contribution is 5.88. The number of anilines is 1. The first-order chi connectivity index (χ1) is 15.5. The lowest BCUT2D eigenvalue weighted by atomic mass is 9.87. The van der Waals surface area contributed by atoms with Crippen LogP contribution in [0.1, 0.15) is 58.6 Å². The van der Waals surface area contributed by atoms with E-state index in [9.17, 15) is 14.7 Å². The summed E-state index contributed by atoms with van der Waals surface area (Å²) in [6.07, 6.45) is 2.84. The Morgan fingerprint density at radius 1 is 1.27 bits per heavy atom. The maximum atomic E-state index is 12.3. The topological polar surface area (TPSA) is 128 Å². The summed E-state index contributed by atoms with van der Waals surface area (Å²) in [5.41, 5.74) is 1.67. The van der Waals surface area contributed by atoms with Crippen molar-refractivity contribution in [2.24, 2.45) is 18.4 Å². The molecule has 0 radical (unpaired) electrons. The SMILES string of the molecule is Cc1nc(-c2nnn(C)c2NC(=O)OCCC(C)(C)C)ccc1O[C@H]1CCC[C@H](C(=O)O)C1. The van der Waals surface area contributed by atoms with Gasteiger partial charge in [-0.05, 0) is 56.6 Å². The van der Waals surface area contributed by atoms with Crippen LogP contribution in [0.15, 0.2) is 12.1 Å². The van der Waals surface area contributed by atoms with Crippen LogP contribution in [0.3, 0.4) is 0 Å². The largest absolute Gasteiger partial charge is 0.489 e. The van der Waals surface area contributed by atoms with Crippen molar-refractivity contribution in [2.75, 3.05) is 11.9 Å². The molecule has 1 aliphatic rings. The van der Waals surface area contributed by atoms with Gasteiger partial charge in [0.1, 0.15) is 5.75 Å². The summed E-state index contributed by atoms with van der Waals surface area (Å²) in [4.78, 5) is 28.2. The number of ether oxygens (including phenoxy) is 2. The van der Waals surface area contributed by atoms with Gasteiger partial charge < -0.3 is 14.6 Å². The van der Waals surface area contributed by atoms with Gasteiger partial charge in [-0.1, -0.05) is 26.0 Å². The van der Waals surface area contributed by atoms with Crippen LogP contribution >= 0.6 is 0 Å². The van der Waals surface area contributed by atoms with E-state index in [1.54, 1.807) is 19.2 Å². The first kappa shape index (κ1) is 24.5. The highest BCUT2D eigenvalue weighted by atomic mass is 16.5. The quantitative estimate of drug-likeness (QED) is 0.631. The van der Waals surface area contributed by atoms with Gasteiger partial charge in [0.05, 0.1) is 30.0 Å². The number of aryl methyl sites for hydroxylation is 2. The Morgan fingerprint density at radius 3 is 2.70 bits per heavy atom. The average Bonchev–Trinajstić information content (AvgIpc) is 3.09. The number of nitrogens with zero attached hydrogens (tertiary/aromatic N) is 4. The van der Waals surface area contributed by atoms with E-state index in [1.165, 1.54) is 4.68 Å². The summed E-state index contributed by atoms with van der Waals surface area (Å²) in [6.45, 7) is 8.37. The van der Waals surface area contributed by atoms with Crippen molar-refractivity contribution < 1.29 is 24.2 Å². The molecule has 2 N–H and O–H groups in total. The molecular weight excluding hydrogens is 426 g/mol. The van der Waals surface area contributed by atoms with Crippen molar-refractivity contribution >= 4 is 17.9 Å². The average molecular weight is 460 g/mol. The number of hydrogen-bond donors (Lipinski definition) is 2. The molecule has 1 amide bonds. The maximum Gasteiger partial charge on any atom is 0.412 e. The van der Waals surface area contributed by atoms with E-state index < -0.39 is 12.1 Å². The Morgan fingerprint density at radius 2 is 2.03 bits per heavy atom. The van der Waals surface area contributed by atoms with E-state index in [0.29, 0.717) is 48.1 Å². The summed E-state index contributed by atoms with van der Waals surface area (Å²) in [7, 11) is 1.67. The van der Waals surface area contributed by atoms with Crippen LogP contribution in [-0.2, 0) is 16.6 Å². The summed E-state index contributed by atoms with van der Waals surface area (Å²) in [5.74, 6) is -0.150. The molecule has 3 rings (SSSR count). The van der Waals surface area contributed by atoms with Crippen LogP contribution in [0.25, 0.3) is 11.4 Å². The molecule has 0 spiro atoms. The number of aliphatic carboxylic acids is 1. The lowest BCUT2D eigenvalue weighted by molar-refractivity contribution is -0.143. The van der Waals surface area contributed by atoms with Gasteiger partial charge >= 0.3 is 12.1 Å². The van der Waals surface area contributed by atoms with Crippen LogP contribution < -0.4 is 10.1 Å². The molecule has 1 saturated carbocycles. The predicted octanol–water partition coefficient (Wildman–Crippen LogP) is 4.19. The lowest BCUT2D eigenvalue weighted by Crippen LogP contribution is -2.29. The molecule has 2 heterocycles. The van der Waals surface area contributed by atoms with Crippen molar-refractivity contribution in [3.8, 4) is 17.1 Å². The summed E-state index contributed by atoms with van der Waals surface area (Å²) < 4.78 is 12.8. The minimum atomic E-state index is -0.770. The highest BCUT2D eigenvalue weighted by Crippen LogP contribution is 2.31. The second kappa shape index (κ2) is 10.2. The van der Waals surface area contributed by atoms with Gasteiger partial charge in [0.2, 0.25) is 0 Å². The first-order valence-electron chi connectivity index (χ1n) is 11.2. The van der Waals surface area contributed by atoms with Crippen molar-refractivity contribution in [1.29, 1.82) is 0 Å². The van der Waals surface area contributed by atoms with E-state index >= 15 is 0 Å². The minimum absolute atomic E-state index is 0.0664. The fraction of sp³-hybridized carbons (Fsp3) is 0.609. The normalized spacial score (nSPS) is 18.6. The van der Waals surface area contributed by atoms with Crippen molar-refractivity contribution in [1.82, 2.24) is 20.0 Å². The Bertz CT molecular complexity index is 998. The Kier molecular flexibility index (Phi) is 7.55. The van der Waals surface area contributed by atoms with Gasteiger partial charge in [-0.3, -0.25) is 10.1 Å². The zero-order valence-electron chi connectivity index (χ0n) is 19.9. The number of rotatable bonds is 7. The van der Waals surface area contributed by atoms with Crippen molar-refractivity contribution in [3.63, 3.8) is 0 Å². The van der Waals surface area contributed by atoms with Gasteiger partial charge in [0.25, 0.3) is 0 Å². The molecule has 33 heavy (non-hydrogen) atoms. The minimum Gasteiger partial charge on any atom is -0.489 e. The number of aromatic nitrogens is 4. The molecule has 10 heteroatoms. The number of carbonyl (C=O) groups excluding carboxylic acids is 1. The molecule has 2 aromatic rings. The zero-order valence-corrected chi connectivity index (χ0v) is 19.9. The summed E-state index contributed by atoms with van der Waals surface area (Å²) >= 11 is 0. The third-order valence-corrected chi connectivity index (χ3v) is 5.68. The Balaban J connectivity index is 1.68. The molecule has 1 aliphatic carbocycles. The molecule has 0 bridgehead atoms. The number of amides is 1. The van der Waals surface area contributed by atoms with Crippen molar-refractivity contribution in [3.05, 3.63) is 17.8 Å². The van der Waals surface area contributed by atoms with E-state index in [4.69, 9.17) is 9.47 Å². The van der Waals surface area contributed by atoms with E-state index in [0.717, 1.165) is 19.3 Å². The third kappa shape index (κ3) is 6.66. The van der Waals surface area contributed by atoms with Crippen LogP contribution in [0.5, 0.6) is 5.75 Å². The lowest BCUT2D eigenvalue weighted by Gasteiger charge is -2.27. The second-order valence-corrected chi connectivity index (χ2v) is 9.70. The molecule has 0 saturated heterocycles. The molecule has 10 nitrogen and oxygen atoms in total. The molecule has 2 aromatic heterocycles. The predicted molar refractivity (Wildman–Crippen MR) is 122 cm³/mol. The summed E-state index contributed by atoms with van der Waals surface area (Å²) in [5, 5.41) is 20.2. The number of hydrogen-bond acceptors (Lipinski definition) is 7. The number of nitrogens with one attached hydrogen (secondary N) is 1. The third-order valence-electron chi connectivity index (χ3n) is 5.68. The number of carbonyl (C=O) groups is 2. The monoisotopic (exact) mass is 459 g/mol. The molecule has 0 aliphatic heterocycles. The van der Waals surface area contributed by atoms with Crippen LogP contribution in [0.2, 0.25) is 0 Å². The number of pyridine rings is 1. The standard InChI is InChI=1S/C23H33N5O5/c1-14-18(33-16-8-6-7-15(13-16)21(29)30)10-9-17(24-14)19-20(28(5)27-26-19)25-22(31)32-12-11-23(2,3)4/h9-10,15-16H,6-8,11-13H2,1-5H3,(H,25,31)(H,29,30)/t15-,16-/m0/s1. The smallest absolute Gasteiger partial charge is 0.412 e. The molecule has 0 unspecified atom stereocenters. The van der Waals surface area contributed by atoms with E-state index in [-0.39, 0.29) is 17.4 Å². The van der Waals surface area contributed by atoms with Crippen molar-refractivity contribution in [2.45, 2.75) is 65.9 Å². The Hall–Kier alpha value is -3.17. The molecule has 1 fully saturated rings. The fourth-order valence-electron chi connectivity index (χ4n) is 3.71. The summed E-state index contributed by atoms with van der Waals surface area (Å²) in [6, 6.07) is 3.54. The maximum absolute atomic E-state index is 12.3. The first-order valence-corrected chi connectivity index (χ1v) is 11.2. The van der Waals surface area contributed by atoms with Gasteiger partial charge in [-0.25, -0.2) is 14.5 Å². The fourth-order valence-corrected chi connectivity index (χ4v) is 3.71. The zero-order chi connectivity index (χ0) is 24.2. The number of carboxylic acid groups (broad SMARTS) is 1. The van der Waals surface area contributed by atoms with Crippen LogP contribution in [0.4, 0.5) is 10.6 Å². The van der Waals surface area contributed by atoms with Gasteiger partial charge in [-0.15, -0.1) is 5.10 Å². The second-order valence-electron chi connectivity index (χ2n) is 9.70. The van der Waals surface area contributed by atoms with Crippen LogP contribution in [-0.4, -0.2) is 49.9 Å². The van der Waals surface area contributed by atoms with Gasteiger partial charge in [-0.2, -0.15) is 0 Å². The van der Waals surface area contributed by atoms with Gasteiger partial charge in [0.15, 0.2) is 11.5 Å².